The highest BCUT2D eigenvalue weighted by molar-refractivity contribution is 8.00. The van der Waals surface area contributed by atoms with E-state index in [2.05, 4.69) is 20.8 Å². The minimum absolute atomic E-state index is 0.133. The lowest BCUT2D eigenvalue weighted by Gasteiger charge is -2.42. The van der Waals surface area contributed by atoms with E-state index in [9.17, 15) is 14.7 Å². The Balaban J connectivity index is 1.63. The first kappa shape index (κ1) is 19.9. The second-order valence-corrected chi connectivity index (χ2v) is 8.66. The molecule has 1 atom stereocenters. The minimum atomic E-state index is -1.05. The highest BCUT2D eigenvalue weighted by Gasteiger charge is 2.45. The Labute approximate surface area is 177 Å². The van der Waals surface area contributed by atoms with E-state index in [0.717, 1.165) is 0 Å². The molecule has 0 fully saturated rings. The van der Waals surface area contributed by atoms with Crippen LogP contribution in [0, 0.1) is 0 Å². The Morgan fingerprint density at radius 3 is 2.60 bits per heavy atom. The van der Waals surface area contributed by atoms with Gasteiger partial charge in [-0.15, -0.1) is 5.10 Å². The number of phenolic OH excluding ortho intramolecular Hbond substituents is 1. The number of fused-ring (bicyclic) bond motifs is 1. The molecule has 9 nitrogen and oxygen atoms in total. The number of hydrogen-bond acceptors (Lipinski definition) is 7. The van der Waals surface area contributed by atoms with Crippen molar-refractivity contribution in [1.29, 1.82) is 0 Å². The van der Waals surface area contributed by atoms with Crippen LogP contribution in [-0.2, 0) is 9.59 Å². The molecule has 0 unspecified atom stereocenters. The molecule has 1 aliphatic heterocycles. The SMILES string of the molecule is C[C@H](Sc1nnnn1-c1ccc(O)cc1)C(=O)N1c2ccccc2NC(=O)C1(C)C. The van der Waals surface area contributed by atoms with E-state index in [0.29, 0.717) is 22.2 Å². The number of nitrogens with zero attached hydrogens (tertiary/aromatic N) is 5. The summed E-state index contributed by atoms with van der Waals surface area (Å²) in [6.45, 7) is 5.19. The largest absolute Gasteiger partial charge is 0.508 e. The number of hydrogen-bond donors (Lipinski definition) is 2. The molecule has 154 valence electrons. The predicted molar refractivity (Wildman–Crippen MR) is 113 cm³/mol. The van der Waals surface area contributed by atoms with E-state index >= 15 is 0 Å². The van der Waals surface area contributed by atoms with Gasteiger partial charge >= 0.3 is 0 Å². The third-order valence-electron chi connectivity index (χ3n) is 4.89. The van der Waals surface area contributed by atoms with Gasteiger partial charge in [0.25, 0.3) is 0 Å². The maximum Gasteiger partial charge on any atom is 0.250 e. The number of benzene rings is 2. The van der Waals surface area contributed by atoms with Crippen LogP contribution in [-0.4, -0.2) is 47.9 Å². The van der Waals surface area contributed by atoms with Crippen LogP contribution < -0.4 is 10.2 Å². The number of carbonyl (C=O) groups is 2. The van der Waals surface area contributed by atoms with Crippen LogP contribution in [0.15, 0.2) is 53.7 Å². The van der Waals surface area contributed by atoms with Gasteiger partial charge in [0.15, 0.2) is 0 Å². The zero-order valence-electron chi connectivity index (χ0n) is 16.6. The van der Waals surface area contributed by atoms with E-state index in [4.69, 9.17) is 0 Å². The summed E-state index contributed by atoms with van der Waals surface area (Å²) in [5, 5.41) is 23.9. The van der Waals surface area contributed by atoms with Crippen LogP contribution in [0.3, 0.4) is 0 Å². The third-order valence-corrected chi connectivity index (χ3v) is 5.91. The molecule has 0 spiro atoms. The van der Waals surface area contributed by atoms with E-state index in [1.807, 2.05) is 18.2 Å². The van der Waals surface area contributed by atoms with Crippen molar-refractivity contribution in [2.75, 3.05) is 10.2 Å². The number of thioether (sulfide) groups is 1. The second kappa shape index (κ2) is 7.45. The summed E-state index contributed by atoms with van der Waals surface area (Å²) in [7, 11) is 0. The van der Waals surface area contributed by atoms with Gasteiger partial charge in [0.05, 0.1) is 22.3 Å². The Bertz CT molecular complexity index is 1110. The number of amides is 2. The van der Waals surface area contributed by atoms with Crippen molar-refractivity contribution < 1.29 is 14.7 Å². The number of rotatable bonds is 4. The van der Waals surface area contributed by atoms with Crippen molar-refractivity contribution in [3.63, 3.8) is 0 Å². The van der Waals surface area contributed by atoms with Gasteiger partial charge in [0, 0.05) is 0 Å². The van der Waals surface area contributed by atoms with Gasteiger partial charge in [-0.1, -0.05) is 23.9 Å². The fraction of sp³-hybridized carbons (Fsp3) is 0.250. The summed E-state index contributed by atoms with van der Waals surface area (Å²) in [4.78, 5) is 27.6. The summed E-state index contributed by atoms with van der Waals surface area (Å²) in [5.41, 5.74) is 0.852. The van der Waals surface area contributed by atoms with Crippen molar-refractivity contribution in [1.82, 2.24) is 20.2 Å². The van der Waals surface area contributed by atoms with Gasteiger partial charge < -0.3 is 10.4 Å². The first-order valence-corrected chi connectivity index (χ1v) is 10.2. The average molecular weight is 424 g/mol. The quantitative estimate of drug-likeness (QED) is 0.619. The molecule has 0 bridgehead atoms. The Morgan fingerprint density at radius 2 is 1.87 bits per heavy atom. The number of nitrogens with one attached hydrogen (secondary N) is 1. The molecular weight excluding hydrogens is 404 g/mol. The monoisotopic (exact) mass is 424 g/mol. The van der Waals surface area contributed by atoms with E-state index < -0.39 is 10.8 Å². The molecule has 4 rings (SSSR count). The summed E-state index contributed by atoms with van der Waals surface area (Å²) >= 11 is 1.20. The molecule has 1 aliphatic rings. The van der Waals surface area contributed by atoms with Crippen molar-refractivity contribution in [2.24, 2.45) is 0 Å². The molecule has 2 amide bonds. The fourth-order valence-corrected chi connectivity index (χ4v) is 4.09. The molecule has 0 radical (unpaired) electrons. The third kappa shape index (κ3) is 3.39. The van der Waals surface area contributed by atoms with Crippen LogP contribution in [0.25, 0.3) is 5.69 Å². The second-order valence-electron chi connectivity index (χ2n) is 7.35. The molecule has 2 heterocycles. The average Bonchev–Trinajstić information content (AvgIpc) is 3.17. The summed E-state index contributed by atoms with van der Waals surface area (Å²) < 4.78 is 1.50. The molecule has 2 aromatic carbocycles. The number of aromatic nitrogens is 4. The predicted octanol–water partition coefficient (Wildman–Crippen LogP) is 2.61. The lowest BCUT2D eigenvalue weighted by atomic mass is 9.96. The van der Waals surface area contributed by atoms with Crippen LogP contribution in [0.5, 0.6) is 5.75 Å². The highest BCUT2D eigenvalue weighted by atomic mass is 32.2. The lowest BCUT2D eigenvalue weighted by molar-refractivity contribution is -0.126. The molecule has 30 heavy (non-hydrogen) atoms. The first-order chi connectivity index (χ1) is 14.3. The molecular formula is C20H20N6O3S. The smallest absolute Gasteiger partial charge is 0.250 e. The number of phenols is 1. The number of anilines is 2. The maximum absolute atomic E-state index is 13.5. The van der Waals surface area contributed by atoms with Crippen molar-refractivity contribution in [3.05, 3.63) is 48.5 Å². The Hall–Kier alpha value is -3.40. The van der Waals surface area contributed by atoms with Gasteiger partial charge in [-0.3, -0.25) is 14.5 Å². The number of para-hydroxylation sites is 2. The molecule has 1 aromatic heterocycles. The summed E-state index contributed by atoms with van der Waals surface area (Å²) in [5.74, 6) is -0.345. The first-order valence-electron chi connectivity index (χ1n) is 9.28. The topological polar surface area (TPSA) is 113 Å². The van der Waals surface area contributed by atoms with Crippen molar-refractivity contribution in [3.8, 4) is 11.4 Å². The number of carbonyl (C=O) groups excluding carboxylic acids is 2. The molecule has 0 saturated carbocycles. The van der Waals surface area contributed by atoms with E-state index in [-0.39, 0.29) is 17.6 Å². The maximum atomic E-state index is 13.5. The highest BCUT2D eigenvalue weighted by Crippen LogP contribution is 2.38. The Kier molecular flexibility index (Phi) is 4.94. The minimum Gasteiger partial charge on any atom is -0.508 e. The zero-order valence-corrected chi connectivity index (χ0v) is 17.4. The molecule has 0 saturated heterocycles. The Morgan fingerprint density at radius 1 is 1.17 bits per heavy atom. The van der Waals surface area contributed by atoms with Gasteiger partial charge in [0.2, 0.25) is 17.0 Å². The van der Waals surface area contributed by atoms with Gasteiger partial charge in [-0.2, -0.15) is 4.68 Å². The van der Waals surface area contributed by atoms with Gasteiger partial charge in [-0.25, -0.2) is 0 Å². The fourth-order valence-electron chi connectivity index (χ4n) is 3.25. The van der Waals surface area contributed by atoms with Gasteiger partial charge in [0.1, 0.15) is 11.3 Å². The van der Waals surface area contributed by atoms with Gasteiger partial charge in [-0.05, 0) is 67.6 Å². The van der Waals surface area contributed by atoms with Crippen LogP contribution in [0.1, 0.15) is 20.8 Å². The van der Waals surface area contributed by atoms with Crippen LogP contribution in [0.2, 0.25) is 0 Å². The summed E-state index contributed by atoms with van der Waals surface area (Å²) in [6, 6.07) is 13.6. The van der Waals surface area contributed by atoms with E-state index in [1.165, 1.54) is 33.5 Å². The van der Waals surface area contributed by atoms with Crippen LogP contribution >= 0.6 is 11.8 Å². The molecule has 0 aliphatic carbocycles. The summed E-state index contributed by atoms with van der Waals surface area (Å²) in [6.07, 6.45) is 0. The lowest BCUT2D eigenvalue weighted by Crippen LogP contribution is -2.60. The molecule has 3 aromatic rings. The van der Waals surface area contributed by atoms with Crippen molar-refractivity contribution >= 4 is 35.0 Å². The zero-order chi connectivity index (χ0) is 21.5. The normalized spacial score (nSPS) is 16.0. The van der Waals surface area contributed by atoms with E-state index in [1.54, 1.807) is 39.0 Å². The van der Waals surface area contributed by atoms with Crippen molar-refractivity contribution in [2.45, 2.75) is 36.7 Å². The molecule has 2 N–H and O–H groups in total. The number of aromatic hydroxyl groups is 1. The van der Waals surface area contributed by atoms with Crippen LogP contribution in [0.4, 0.5) is 11.4 Å². The molecule has 10 heteroatoms. The number of tetrazole rings is 1. The standard InChI is InChI=1S/C20H20N6O3S/c1-12(30-19-22-23-24-26(19)13-8-10-14(27)11-9-13)17(28)25-16-7-5-4-6-15(16)21-18(29)20(25,2)3/h4-12,27H,1-3H3,(H,21,29)/t12-/m0/s1.